The average molecular weight is 847 g/mol. The number of aromatic hydroxyl groups is 2. The van der Waals surface area contributed by atoms with Crippen LogP contribution < -0.4 is 20.8 Å². The van der Waals surface area contributed by atoms with E-state index in [1.165, 1.54) is 27.2 Å². The summed E-state index contributed by atoms with van der Waals surface area (Å²) in [6, 6.07) is 0. The highest BCUT2D eigenvalue weighted by Crippen LogP contribution is 2.51. The lowest BCUT2D eigenvalue weighted by Gasteiger charge is -2.38. The van der Waals surface area contributed by atoms with Crippen molar-refractivity contribution < 1.29 is 53.8 Å². The van der Waals surface area contributed by atoms with Gasteiger partial charge >= 0.3 is 11.8 Å². The number of nitrogens with zero attached hydrogens (tertiary/aromatic N) is 3. The molecule has 1 spiro atoms. The highest BCUT2D eigenvalue weighted by Gasteiger charge is 2.51. The lowest BCUT2D eigenvalue weighted by atomic mass is 9.78. The Hall–Kier alpha value is -4.83. The third kappa shape index (κ3) is 8.54. The Bertz CT molecular complexity index is 2300. The van der Waals surface area contributed by atoms with Crippen molar-refractivity contribution in [3.8, 4) is 17.2 Å². The number of fused-ring (bicyclic) bond motifs is 1. The van der Waals surface area contributed by atoms with Crippen LogP contribution in [0.25, 0.3) is 10.8 Å². The predicted molar refractivity (Wildman–Crippen MR) is 228 cm³/mol. The van der Waals surface area contributed by atoms with E-state index in [0.29, 0.717) is 24.4 Å². The van der Waals surface area contributed by atoms with Crippen LogP contribution in [0.15, 0.2) is 46.1 Å². The largest absolute Gasteiger partial charge is 0.507 e. The van der Waals surface area contributed by atoms with Crippen molar-refractivity contribution in [3.63, 3.8) is 0 Å². The molecule has 4 aliphatic rings. The number of amides is 1. The monoisotopic (exact) mass is 846 g/mol. The number of aliphatic hydroxyl groups is 2. The topological polar surface area (TPSA) is 209 Å². The van der Waals surface area contributed by atoms with Crippen LogP contribution in [0, 0.1) is 36.5 Å². The third-order valence-corrected chi connectivity index (χ3v) is 12.9. The number of methoxy groups -OCH3 is 1. The molecule has 5 N–H and O–H groups in total. The standard InChI is InChI=1S/C46H62N4O11/c1-22(2)21-50-18-16-46(17-19-50)48-34-31-32-39(54)28(8)42-33(31)43(56)45(10,61-42)59-20-15-30(58-11)25(5)41(60-29(9)51)27(7)38(53)26(6)37(52)23(3)13-12-14-24(4)44(57)47-36(40(32)55)35(34)49-46/h12-15,20,22-23,25-27,30,37-38,41,48,52-55H,16-19,21H2,1-11H3/t23-,25+,26-,27-,30+,37-,38-,41-,45-/m0/s1. The predicted octanol–water partition coefficient (Wildman–Crippen LogP) is 4.75. The van der Waals surface area contributed by atoms with Crippen molar-refractivity contribution in [2.75, 3.05) is 32.1 Å². The number of aliphatic hydroxyl groups excluding tert-OH is 2. The fraction of sp³-hybridized carbons (Fsp3) is 0.587. The maximum Gasteiger partial charge on any atom is 0.312 e. The van der Waals surface area contributed by atoms with Crippen molar-refractivity contribution in [1.29, 1.82) is 0 Å². The summed E-state index contributed by atoms with van der Waals surface area (Å²) in [5.74, 6) is -6.57. The molecule has 0 unspecified atom stereocenters. The Morgan fingerprint density at radius 3 is 2.28 bits per heavy atom. The van der Waals surface area contributed by atoms with Gasteiger partial charge in [0, 0.05) is 93.6 Å². The number of ketones is 1. The van der Waals surface area contributed by atoms with E-state index in [1.807, 2.05) is 0 Å². The third-order valence-electron chi connectivity index (χ3n) is 12.9. The van der Waals surface area contributed by atoms with E-state index in [2.05, 4.69) is 29.1 Å². The zero-order valence-corrected chi connectivity index (χ0v) is 37.1. The van der Waals surface area contributed by atoms with Crippen molar-refractivity contribution >= 4 is 34.1 Å². The number of rotatable bonds is 4. The van der Waals surface area contributed by atoms with Gasteiger partial charge in [0.15, 0.2) is 5.75 Å². The minimum Gasteiger partial charge on any atom is -0.507 e. The summed E-state index contributed by atoms with van der Waals surface area (Å²) >= 11 is 0. The van der Waals surface area contributed by atoms with Crippen molar-refractivity contribution in [2.45, 2.75) is 118 Å². The molecule has 6 rings (SSSR count). The van der Waals surface area contributed by atoms with Crippen molar-refractivity contribution in [2.24, 2.45) is 39.6 Å². The molecule has 1 fully saturated rings. The number of hydrogen-bond acceptors (Lipinski definition) is 14. The number of phenols is 2. The van der Waals surface area contributed by atoms with Gasteiger partial charge in [0.25, 0.3) is 11.7 Å². The molecule has 332 valence electrons. The number of esters is 1. The highest BCUT2D eigenvalue weighted by molar-refractivity contribution is 6.21. The second-order valence-electron chi connectivity index (χ2n) is 18.0. The smallest absolute Gasteiger partial charge is 0.312 e. The Morgan fingerprint density at radius 1 is 0.984 bits per heavy atom. The van der Waals surface area contributed by atoms with Gasteiger partial charge in [0.05, 0.1) is 41.2 Å². The number of nitrogens with one attached hydrogen (secondary N) is 1. The second-order valence-corrected chi connectivity index (χ2v) is 18.0. The number of ether oxygens (including phenoxy) is 4. The molecule has 2 aromatic carbocycles. The molecule has 0 aromatic heterocycles. The number of carbonyl (C=O) groups is 3. The van der Waals surface area contributed by atoms with Crippen LogP contribution in [-0.4, -0.2) is 106 Å². The number of benzene rings is 2. The van der Waals surface area contributed by atoms with Crippen molar-refractivity contribution in [1.82, 2.24) is 4.90 Å². The van der Waals surface area contributed by atoms with Crippen molar-refractivity contribution in [3.05, 3.63) is 58.0 Å². The summed E-state index contributed by atoms with van der Waals surface area (Å²) in [5, 5.41) is 50.5. The zero-order chi connectivity index (χ0) is 44.9. The molecule has 0 saturated carbocycles. The Morgan fingerprint density at radius 2 is 1.66 bits per heavy atom. The van der Waals surface area contributed by atoms with E-state index < -0.39 is 82.9 Å². The van der Waals surface area contributed by atoms with E-state index in [-0.39, 0.29) is 49.7 Å². The number of piperidine rings is 1. The lowest BCUT2D eigenvalue weighted by molar-refractivity contribution is -0.160. The molecule has 61 heavy (non-hydrogen) atoms. The van der Waals surface area contributed by atoms with E-state index in [9.17, 15) is 34.8 Å². The quantitative estimate of drug-likeness (QED) is 0.208. The summed E-state index contributed by atoms with van der Waals surface area (Å²) in [4.78, 5) is 52.9. The molecule has 0 radical (unpaired) electrons. The van der Waals surface area contributed by atoms with Gasteiger partial charge in [-0.25, -0.2) is 4.99 Å². The first-order valence-corrected chi connectivity index (χ1v) is 21.2. The van der Waals surface area contributed by atoms with E-state index in [4.69, 9.17) is 23.9 Å². The van der Waals surface area contributed by atoms with E-state index in [0.717, 1.165) is 19.6 Å². The van der Waals surface area contributed by atoms with Gasteiger partial charge in [-0.1, -0.05) is 59.8 Å². The molecule has 1 amide bonds. The number of anilines is 1. The van der Waals surface area contributed by atoms with Gasteiger partial charge in [-0.3, -0.25) is 19.4 Å². The Kier molecular flexibility index (Phi) is 13.1. The summed E-state index contributed by atoms with van der Waals surface area (Å²) < 4.78 is 24.0. The fourth-order valence-electron chi connectivity index (χ4n) is 9.24. The average Bonchev–Trinajstić information content (AvgIpc) is 3.71. The molecule has 2 aromatic rings. The maximum atomic E-state index is 14.7. The van der Waals surface area contributed by atoms with E-state index in [1.54, 1.807) is 65.8 Å². The first kappa shape index (κ1) is 45.7. The molecule has 4 aliphatic heterocycles. The van der Waals surface area contributed by atoms with Crippen LogP contribution in [0.4, 0.5) is 5.69 Å². The molecular weight excluding hydrogens is 785 g/mol. The zero-order valence-electron chi connectivity index (χ0n) is 37.1. The number of likely N-dealkylation sites (tertiary alicyclic amines) is 1. The fourth-order valence-corrected chi connectivity index (χ4v) is 9.24. The maximum absolute atomic E-state index is 14.7. The van der Waals surface area contributed by atoms with Gasteiger partial charge in [-0.2, -0.15) is 0 Å². The minimum absolute atomic E-state index is 0.0538. The molecule has 4 bridgehead atoms. The molecule has 1 saturated heterocycles. The number of phenolic OH excluding ortho intramolecular Hbond substituents is 2. The van der Waals surface area contributed by atoms with Crippen LogP contribution in [0.3, 0.4) is 0 Å². The number of Topliss-reactive ketones (excluding diaryl/α,β-unsaturated/α-hetero) is 1. The molecule has 9 atom stereocenters. The first-order valence-electron chi connectivity index (χ1n) is 21.2. The van der Waals surface area contributed by atoms with Gasteiger partial charge in [-0.05, 0) is 25.8 Å². The molecule has 4 heterocycles. The molecular formula is C46H62N4O11. The van der Waals surface area contributed by atoms with Gasteiger partial charge in [-0.15, -0.1) is 0 Å². The van der Waals surface area contributed by atoms with Gasteiger partial charge in [0.2, 0.25) is 0 Å². The van der Waals surface area contributed by atoms with Gasteiger partial charge in [0.1, 0.15) is 34.0 Å². The summed E-state index contributed by atoms with van der Waals surface area (Å²) in [7, 11) is 1.47. The Labute approximate surface area is 356 Å². The van der Waals surface area contributed by atoms with Crippen LogP contribution in [0.2, 0.25) is 0 Å². The van der Waals surface area contributed by atoms with Crippen LogP contribution in [-0.2, 0) is 23.8 Å². The summed E-state index contributed by atoms with van der Waals surface area (Å²) in [6.45, 7) is 19.6. The molecule has 15 heteroatoms. The number of hydrogen-bond donors (Lipinski definition) is 5. The number of carbonyl (C=O) groups excluding carboxylic acids is 3. The molecule has 15 nitrogen and oxygen atoms in total. The van der Waals surface area contributed by atoms with Crippen LogP contribution in [0.1, 0.15) is 91.1 Å². The minimum atomic E-state index is -1.95. The molecule has 0 aliphatic carbocycles. The normalized spacial score (nSPS) is 30.8. The second kappa shape index (κ2) is 17.5. The first-order chi connectivity index (χ1) is 28.6. The SMILES string of the molecule is CO[C@@H]1C=CO[C@@]2(C)Oc3c(C)c(O)c4c(O)c(c5c(c4c3C2=O)NC2(CCN(CC(C)C)CC2)N=5)=NC(=O)C(C)=CC=C[C@H](C)[C@H](O)[C@H](C)[C@H](O)[C@H](C)[C@@H](OC(C)=O)[C@@H]1C. The number of allylic oxidation sites excluding steroid dienone is 2. The van der Waals surface area contributed by atoms with Crippen LogP contribution >= 0.6 is 0 Å². The summed E-state index contributed by atoms with van der Waals surface area (Å²) in [5.41, 5.74) is -0.111. The van der Waals surface area contributed by atoms with E-state index >= 15 is 0 Å². The highest BCUT2D eigenvalue weighted by atomic mass is 16.7. The van der Waals surface area contributed by atoms with Gasteiger partial charge < -0.3 is 49.6 Å². The lowest BCUT2D eigenvalue weighted by Crippen LogP contribution is -2.47. The van der Waals surface area contributed by atoms with Crippen LogP contribution in [0.5, 0.6) is 17.2 Å². The Balaban J connectivity index is 1.55. The summed E-state index contributed by atoms with van der Waals surface area (Å²) in [6.07, 6.45) is 5.07.